The molecule has 2 rings (SSSR count). The van der Waals surface area contributed by atoms with Crippen LogP contribution in [0.2, 0.25) is 5.02 Å². The van der Waals surface area contributed by atoms with Gasteiger partial charge in [0.25, 0.3) is 0 Å². The summed E-state index contributed by atoms with van der Waals surface area (Å²) in [6.45, 7) is 0.883. The molecule has 1 atom stereocenters. The van der Waals surface area contributed by atoms with Crippen molar-refractivity contribution in [3.63, 3.8) is 0 Å². The molecule has 4 nitrogen and oxygen atoms in total. The number of benzene rings is 1. The molecule has 110 valence electrons. The van der Waals surface area contributed by atoms with E-state index in [4.69, 9.17) is 16.3 Å². The first-order valence-electron chi connectivity index (χ1n) is 6.69. The van der Waals surface area contributed by atoms with Crippen molar-refractivity contribution in [3.8, 4) is 5.75 Å². The summed E-state index contributed by atoms with van der Waals surface area (Å²) in [5.41, 5.74) is 0.586. The highest BCUT2D eigenvalue weighted by Gasteiger charge is 2.21. The summed E-state index contributed by atoms with van der Waals surface area (Å²) in [6, 6.07) is 3.28. The summed E-state index contributed by atoms with van der Waals surface area (Å²) in [7, 11) is 1.56. The lowest BCUT2D eigenvalue weighted by Gasteiger charge is -2.18. The second-order valence-electron chi connectivity index (χ2n) is 4.81. The lowest BCUT2D eigenvalue weighted by atomic mass is 10.1. The van der Waals surface area contributed by atoms with Crippen LogP contribution in [-0.4, -0.2) is 25.6 Å². The quantitative estimate of drug-likeness (QED) is 0.865. The summed E-state index contributed by atoms with van der Waals surface area (Å²) in [5, 5.41) is 6.71. The summed E-state index contributed by atoms with van der Waals surface area (Å²) in [4.78, 5) is 12.3. The maximum atomic E-state index is 12.3. The Morgan fingerprint density at radius 3 is 3.00 bits per heavy atom. The predicted octanol–water partition coefficient (Wildman–Crippen LogP) is 3.58. The second kappa shape index (κ2) is 7.29. The molecule has 1 heterocycles. The Balaban J connectivity index is 2.14. The number of halogens is 2. The topological polar surface area (TPSA) is 50.4 Å². The van der Waals surface area contributed by atoms with Crippen LogP contribution in [0, 0.1) is 0 Å². The highest BCUT2D eigenvalue weighted by Crippen LogP contribution is 2.36. The van der Waals surface area contributed by atoms with Crippen molar-refractivity contribution in [1.82, 2.24) is 5.32 Å². The molecule has 0 saturated carbocycles. The van der Waals surface area contributed by atoms with E-state index in [1.807, 2.05) is 0 Å². The smallest absolute Gasteiger partial charge is 0.241 e. The van der Waals surface area contributed by atoms with E-state index in [9.17, 15) is 4.79 Å². The molecule has 0 radical (unpaired) electrons. The number of anilines is 1. The fourth-order valence-electron chi connectivity index (χ4n) is 2.33. The summed E-state index contributed by atoms with van der Waals surface area (Å²) >= 11 is 9.40. The molecule has 0 bridgehead atoms. The number of carbonyl (C=O) groups is 1. The molecule has 6 heteroatoms. The average Bonchev–Trinajstić information content (AvgIpc) is 2.67. The van der Waals surface area contributed by atoms with Gasteiger partial charge in [-0.1, -0.05) is 24.4 Å². The van der Waals surface area contributed by atoms with Crippen LogP contribution >= 0.6 is 27.5 Å². The van der Waals surface area contributed by atoms with E-state index in [0.717, 1.165) is 30.3 Å². The van der Waals surface area contributed by atoms with Gasteiger partial charge in [-0.25, -0.2) is 0 Å². The van der Waals surface area contributed by atoms with Crippen molar-refractivity contribution < 1.29 is 9.53 Å². The number of carbonyl (C=O) groups excluding carboxylic acids is 1. The monoisotopic (exact) mass is 360 g/mol. The predicted molar refractivity (Wildman–Crippen MR) is 84.6 cm³/mol. The summed E-state index contributed by atoms with van der Waals surface area (Å²) < 4.78 is 6.02. The van der Waals surface area contributed by atoms with E-state index >= 15 is 0 Å². The van der Waals surface area contributed by atoms with Gasteiger partial charge in [-0.15, -0.1) is 0 Å². The van der Waals surface area contributed by atoms with Gasteiger partial charge in [0.1, 0.15) is 0 Å². The largest absolute Gasteiger partial charge is 0.493 e. The average molecular weight is 362 g/mol. The van der Waals surface area contributed by atoms with Crippen molar-refractivity contribution in [3.05, 3.63) is 21.6 Å². The van der Waals surface area contributed by atoms with Crippen molar-refractivity contribution in [2.45, 2.75) is 31.7 Å². The number of rotatable bonds is 3. The molecule has 1 aliphatic rings. The first-order valence-corrected chi connectivity index (χ1v) is 7.86. The Morgan fingerprint density at radius 2 is 2.25 bits per heavy atom. The minimum Gasteiger partial charge on any atom is -0.493 e. The zero-order valence-corrected chi connectivity index (χ0v) is 13.7. The fourth-order valence-corrected chi connectivity index (χ4v) is 3.30. The van der Waals surface area contributed by atoms with Gasteiger partial charge in [0.2, 0.25) is 5.91 Å². The third kappa shape index (κ3) is 3.87. The molecule has 1 aliphatic heterocycles. The van der Waals surface area contributed by atoms with Crippen LogP contribution in [0.3, 0.4) is 0 Å². The maximum Gasteiger partial charge on any atom is 0.241 e. The number of hydrogen-bond acceptors (Lipinski definition) is 3. The van der Waals surface area contributed by atoms with Crippen LogP contribution in [-0.2, 0) is 4.79 Å². The van der Waals surface area contributed by atoms with Crippen LogP contribution in [0.4, 0.5) is 5.69 Å². The third-order valence-electron chi connectivity index (χ3n) is 3.35. The first-order chi connectivity index (χ1) is 9.61. The molecule has 0 spiro atoms. The van der Waals surface area contributed by atoms with Crippen LogP contribution in [0.5, 0.6) is 5.75 Å². The van der Waals surface area contributed by atoms with Gasteiger partial charge < -0.3 is 15.4 Å². The first kappa shape index (κ1) is 15.6. The van der Waals surface area contributed by atoms with E-state index in [1.54, 1.807) is 19.2 Å². The number of hydrogen-bond donors (Lipinski definition) is 2. The number of nitrogens with one attached hydrogen (secondary N) is 2. The second-order valence-corrected chi connectivity index (χ2v) is 6.10. The van der Waals surface area contributed by atoms with E-state index in [0.29, 0.717) is 16.5 Å². The van der Waals surface area contributed by atoms with Crippen molar-refractivity contribution in [1.29, 1.82) is 0 Å². The van der Waals surface area contributed by atoms with Crippen LogP contribution < -0.4 is 15.4 Å². The van der Waals surface area contributed by atoms with Crippen LogP contribution in [0.15, 0.2) is 16.6 Å². The Hall–Kier alpha value is -0.780. The molecular weight excluding hydrogens is 344 g/mol. The molecule has 2 N–H and O–H groups in total. The van der Waals surface area contributed by atoms with Crippen molar-refractivity contribution >= 4 is 39.1 Å². The Labute approximate surface area is 132 Å². The van der Waals surface area contributed by atoms with E-state index < -0.39 is 0 Å². The van der Waals surface area contributed by atoms with Gasteiger partial charge in [0.15, 0.2) is 5.75 Å². The zero-order chi connectivity index (χ0) is 14.5. The standard InChI is InChI=1S/C14H18BrClN2O2/c1-20-13-10(15)7-9(16)8-12(13)18-14(19)11-5-3-2-4-6-17-11/h7-8,11,17H,2-6H2,1H3,(H,18,19). The van der Waals surface area contributed by atoms with Gasteiger partial charge in [0, 0.05) is 5.02 Å². The summed E-state index contributed by atoms with van der Waals surface area (Å²) in [6.07, 6.45) is 4.22. The van der Waals surface area contributed by atoms with Crippen molar-refractivity contribution in [2.24, 2.45) is 0 Å². The van der Waals surface area contributed by atoms with E-state index in [-0.39, 0.29) is 11.9 Å². The Morgan fingerprint density at radius 1 is 1.45 bits per heavy atom. The molecule has 0 aliphatic carbocycles. The van der Waals surface area contributed by atoms with Gasteiger partial charge >= 0.3 is 0 Å². The molecule has 1 amide bonds. The zero-order valence-electron chi connectivity index (χ0n) is 11.3. The molecule has 20 heavy (non-hydrogen) atoms. The SMILES string of the molecule is COc1c(Br)cc(Cl)cc1NC(=O)C1CCCCCN1. The van der Waals surface area contributed by atoms with Gasteiger partial charge in [0.05, 0.1) is 23.3 Å². The maximum absolute atomic E-state index is 12.3. The Kier molecular flexibility index (Phi) is 5.69. The van der Waals surface area contributed by atoms with E-state index in [1.165, 1.54) is 6.42 Å². The molecule has 1 unspecified atom stereocenters. The number of methoxy groups -OCH3 is 1. The fraction of sp³-hybridized carbons (Fsp3) is 0.500. The highest BCUT2D eigenvalue weighted by molar-refractivity contribution is 9.10. The molecular formula is C14H18BrClN2O2. The molecule has 1 saturated heterocycles. The van der Waals surface area contributed by atoms with Crippen LogP contribution in [0.1, 0.15) is 25.7 Å². The van der Waals surface area contributed by atoms with Gasteiger partial charge in [-0.3, -0.25) is 4.79 Å². The summed E-state index contributed by atoms with van der Waals surface area (Å²) in [5.74, 6) is 0.538. The lowest BCUT2D eigenvalue weighted by Crippen LogP contribution is -2.39. The number of ether oxygens (including phenoxy) is 1. The lowest BCUT2D eigenvalue weighted by molar-refractivity contribution is -0.118. The van der Waals surface area contributed by atoms with Crippen LogP contribution in [0.25, 0.3) is 0 Å². The third-order valence-corrected chi connectivity index (χ3v) is 4.15. The molecule has 0 aromatic heterocycles. The van der Waals surface area contributed by atoms with Crippen molar-refractivity contribution in [2.75, 3.05) is 19.0 Å². The van der Waals surface area contributed by atoms with Gasteiger partial charge in [-0.2, -0.15) is 0 Å². The molecule has 1 aromatic carbocycles. The van der Waals surface area contributed by atoms with Gasteiger partial charge in [-0.05, 0) is 47.4 Å². The van der Waals surface area contributed by atoms with E-state index in [2.05, 4.69) is 26.6 Å². The molecule has 1 fully saturated rings. The number of amides is 1. The molecule has 1 aromatic rings. The normalized spacial score (nSPS) is 19.2. The minimum absolute atomic E-state index is 0.0423. The highest BCUT2D eigenvalue weighted by atomic mass is 79.9. The Bertz CT molecular complexity index is 488. The minimum atomic E-state index is -0.153.